The number of rotatable bonds is 13. The Kier molecular flexibility index (Phi) is 10.7. The normalized spacial score (nSPS) is 19.1. The number of halogens is 4. The number of aromatic nitrogens is 1. The lowest BCUT2D eigenvalue weighted by Crippen LogP contribution is -2.40. The lowest BCUT2D eigenvalue weighted by Gasteiger charge is -2.26. The van der Waals surface area contributed by atoms with Gasteiger partial charge in [-0.25, -0.2) is 13.2 Å². The van der Waals surface area contributed by atoms with Gasteiger partial charge < -0.3 is 19.1 Å². The first-order valence-electron chi connectivity index (χ1n) is 15.2. The number of anilines is 1. The molecule has 2 saturated heterocycles. The van der Waals surface area contributed by atoms with Crippen LogP contribution in [0.15, 0.2) is 59.8 Å². The van der Waals surface area contributed by atoms with Gasteiger partial charge in [0.25, 0.3) is 0 Å². The molecule has 6 rings (SSSR count). The van der Waals surface area contributed by atoms with E-state index >= 15 is 0 Å². The minimum Gasteiger partial charge on any atom is -0.489 e. The summed E-state index contributed by atoms with van der Waals surface area (Å²) in [6, 6.07) is 10.2. The van der Waals surface area contributed by atoms with E-state index in [9.17, 15) is 26.8 Å². The van der Waals surface area contributed by atoms with Gasteiger partial charge in [0, 0.05) is 49.8 Å². The maximum absolute atomic E-state index is 13.8. The molecule has 48 heavy (non-hydrogen) atoms. The molecule has 0 unspecified atom stereocenters. The van der Waals surface area contributed by atoms with E-state index < -0.39 is 34.1 Å². The third kappa shape index (κ3) is 7.83. The molecule has 1 amide bonds. The third-order valence-electron chi connectivity index (χ3n) is 8.21. The highest BCUT2D eigenvalue weighted by atomic mass is 35.5. The van der Waals surface area contributed by atoms with Gasteiger partial charge in [-0.05, 0) is 72.7 Å². The van der Waals surface area contributed by atoms with E-state index in [1.165, 1.54) is 42.7 Å². The molecule has 2 aromatic carbocycles. The largest absolute Gasteiger partial charge is 0.489 e. The van der Waals surface area contributed by atoms with Crippen molar-refractivity contribution >= 4 is 62.6 Å². The number of sulfonamides is 1. The Labute approximate surface area is 290 Å². The van der Waals surface area contributed by atoms with Crippen LogP contribution in [0.25, 0.3) is 0 Å². The van der Waals surface area contributed by atoms with Gasteiger partial charge in [0.15, 0.2) is 16.9 Å². The summed E-state index contributed by atoms with van der Waals surface area (Å²) in [6.45, 7) is -2.16. The molecule has 0 spiro atoms. The SMILES string of the molecule is O=C(O[C@@H](Cc1c(Cl)cncc1Cl)c1ccc(OC(F)F)c(OCC2CC2)c1)[C@@H]1SCCN1S(=O)(=O)c1ccc(N2CCCC2=O)cc1. The Hall–Kier alpha value is -3.17. The number of alkyl halides is 2. The number of pyridine rings is 1. The molecule has 0 bridgehead atoms. The molecule has 16 heteroatoms. The maximum atomic E-state index is 13.8. The maximum Gasteiger partial charge on any atom is 0.387 e. The molecular weight excluding hydrogens is 711 g/mol. The smallest absolute Gasteiger partial charge is 0.387 e. The van der Waals surface area contributed by atoms with Gasteiger partial charge in [0.2, 0.25) is 15.9 Å². The fraction of sp³-hybridized carbons (Fsp3) is 0.406. The van der Waals surface area contributed by atoms with Crippen molar-refractivity contribution in [3.05, 3.63) is 76.0 Å². The van der Waals surface area contributed by atoms with Crippen molar-refractivity contribution in [1.82, 2.24) is 9.29 Å². The van der Waals surface area contributed by atoms with Crippen LogP contribution in [-0.4, -0.2) is 67.0 Å². The second-order valence-electron chi connectivity index (χ2n) is 11.5. The molecule has 3 aliphatic rings. The summed E-state index contributed by atoms with van der Waals surface area (Å²) in [4.78, 5) is 31.5. The number of carbonyl (C=O) groups is 2. The number of hydrogen-bond donors (Lipinski definition) is 0. The van der Waals surface area contributed by atoms with Crippen LogP contribution in [0, 0.1) is 5.92 Å². The monoisotopic (exact) mass is 741 g/mol. The summed E-state index contributed by atoms with van der Waals surface area (Å²) < 4.78 is 71.6. The fourth-order valence-electron chi connectivity index (χ4n) is 5.51. The number of benzene rings is 2. The predicted molar refractivity (Wildman–Crippen MR) is 176 cm³/mol. The molecular formula is C32H31Cl2F2N3O7S2. The standard InChI is InChI=1S/C32H31Cl2F2N3O7S2/c33-24-16-37-17-25(34)23(24)15-27(20-5-10-26(46-32(35)36)28(14-20)44-18-19-3-4-19)45-31(41)30-39(12-13-47-30)48(42,43)22-8-6-21(7-9-22)38-11-1-2-29(38)40/h5-10,14,16-17,19,27,30,32H,1-4,11-13,15,18H2/t27-,30-/m0/s1. The number of thioether (sulfide) groups is 1. The highest BCUT2D eigenvalue weighted by Crippen LogP contribution is 2.39. The lowest BCUT2D eigenvalue weighted by atomic mass is 10.0. The van der Waals surface area contributed by atoms with E-state index in [0.717, 1.165) is 35.3 Å². The van der Waals surface area contributed by atoms with E-state index in [0.29, 0.717) is 48.1 Å². The van der Waals surface area contributed by atoms with Gasteiger partial charge in [-0.1, -0.05) is 29.3 Å². The molecule has 1 aromatic heterocycles. The zero-order chi connectivity index (χ0) is 34.0. The van der Waals surface area contributed by atoms with Gasteiger partial charge in [-0.2, -0.15) is 13.1 Å². The molecule has 10 nitrogen and oxygen atoms in total. The van der Waals surface area contributed by atoms with Gasteiger partial charge in [0.1, 0.15) is 6.10 Å². The molecule has 0 N–H and O–H groups in total. The summed E-state index contributed by atoms with van der Waals surface area (Å²) in [5.74, 6) is -0.340. The molecule has 2 aliphatic heterocycles. The summed E-state index contributed by atoms with van der Waals surface area (Å²) in [5, 5.41) is -0.789. The van der Waals surface area contributed by atoms with Gasteiger partial charge >= 0.3 is 12.6 Å². The van der Waals surface area contributed by atoms with Gasteiger partial charge in [0.05, 0.1) is 21.5 Å². The Bertz CT molecular complexity index is 1760. The summed E-state index contributed by atoms with van der Waals surface area (Å²) >= 11 is 13.9. The topological polar surface area (TPSA) is 115 Å². The molecule has 1 saturated carbocycles. The van der Waals surface area contributed by atoms with Crippen molar-refractivity contribution in [2.24, 2.45) is 5.92 Å². The average molecular weight is 743 g/mol. The fourth-order valence-corrected chi connectivity index (χ4v) is 9.08. The molecule has 3 aromatic rings. The number of nitrogens with zero attached hydrogens (tertiary/aromatic N) is 3. The van der Waals surface area contributed by atoms with Crippen LogP contribution in [0.2, 0.25) is 10.0 Å². The molecule has 0 radical (unpaired) electrons. The van der Waals surface area contributed by atoms with E-state index in [4.69, 9.17) is 32.7 Å². The molecule has 2 atom stereocenters. The number of ether oxygens (including phenoxy) is 3. The van der Waals surface area contributed by atoms with Crippen molar-refractivity contribution in [1.29, 1.82) is 0 Å². The molecule has 3 heterocycles. The number of carbonyl (C=O) groups excluding carboxylic acids is 2. The summed E-state index contributed by atoms with van der Waals surface area (Å²) in [7, 11) is -4.14. The Morgan fingerprint density at radius 2 is 1.77 bits per heavy atom. The molecule has 256 valence electrons. The minimum atomic E-state index is -4.14. The minimum absolute atomic E-state index is 0.0222. The van der Waals surface area contributed by atoms with Crippen LogP contribution >= 0.6 is 35.0 Å². The van der Waals surface area contributed by atoms with E-state index in [1.54, 1.807) is 17.0 Å². The van der Waals surface area contributed by atoms with Crippen LogP contribution in [-0.2, 0) is 30.8 Å². The molecule has 1 aliphatic carbocycles. The molecule has 3 fully saturated rings. The lowest BCUT2D eigenvalue weighted by molar-refractivity contribution is -0.150. The van der Waals surface area contributed by atoms with Crippen molar-refractivity contribution in [3.8, 4) is 11.5 Å². The predicted octanol–water partition coefficient (Wildman–Crippen LogP) is 6.50. The van der Waals surface area contributed by atoms with Crippen LogP contribution in [0.5, 0.6) is 11.5 Å². The van der Waals surface area contributed by atoms with Crippen LogP contribution < -0.4 is 14.4 Å². The summed E-state index contributed by atoms with van der Waals surface area (Å²) in [6.07, 6.45) is 4.75. The number of amides is 1. The Morgan fingerprint density at radius 3 is 2.42 bits per heavy atom. The summed E-state index contributed by atoms with van der Waals surface area (Å²) in [5.41, 5.74) is 1.38. The van der Waals surface area contributed by atoms with E-state index in [-0.39, 0.29) is 45.3 Å². The first-order chi connectivity index (χ1) is 23.0. The zero-order valence-electron chi connectivity index (χ0n) is 25.4. The van der Waals surface area contributed by atoms with Crippen molar-refractivity contribution < 1.29 is 41.0 Å². The number of esters is 1. The highest BCUT2D eigenvalue weighted by molar-refractivity contribution is 8.02. The second kappa shape index (κ2) is 14.8. The highest BCUT2D eigenvalue weighted by Gasteiger charge is 2.42. The van der Waals surface area contributed by atoms with Crippen LogP contribution in [0.3, 0.4) is 0 Å². The zero-order valence-corrected chi connectivity index (χ0v) is 28.5. The first-order valence-corrected chi connectivity index (χ1v) is 18.5. The Balaban J connectivity index is 1.27. The van der Waals surface area contributed by atoms with Crippen molar-refractivity contribution in [2.45, 2.75) is 55.1 Å². The van der Waals surface area contributed by atoms with Gasteiger partial charge in [-0.3, -0.25) is 9.78 Å². The van der Waals surface area contributed by atoms with E-state index in [1.807, 2.05) is 0 Å². The van der Waals surface area contributed by atoms with Crippen molar-refractivity contribution in [3.63, 3.8) is 0 Å². The third-order valence-corrected chi connectivity index (χ3v) is 12.1. The van der Waals surface area contributed by atoms with E-state index in [2.05, 4.69) is 9.72 Å². The average Bonchev–Trinajstić information content (AvgIpc) is 3.55. The van der Waals surface area contributed by atoms with Crippen LogP contribution in [0.1, 0.15) is 42.9 Å². The van der Waals surface area contributed by atoms with Gasteiger partial charge in [-0.15, -0.1) is 11.8 Å². The number of hydrogen-bond acceptors (Lipinski definition) is 9. The quantitative estimate of drug-likeness (QED) is 0.181. The Morgan fingerprint density at radius 1 is 1.04 bits per heavy atom. The second-order valence-corrected chi connectivity index (χ2v) is 15.4. The van der Waals surface area contributed by atoms with Crippen molar-refractivity contribution in [2.75, 3.05) is 30.3 Å². The van der Waals surface area contributed by atoms with Crippen LogP contribution in [0.4, 0.5) is 14.5 Å². The first kappa shape index (κ1) is 34.7.